The number of hydrogen-bond acceptors (Lipinski definition) is 3. The standard InChI is InChI=1S/C15H15F2N3O/c1-20(8-9-2-3-13(16)14(17)4-9)15(21)10-5-11(18)7-12(19)6-10/h2-7H,8,18-19H2,1H3. The molecule has 0 unspecified atom stereocenters. The summed E-state index contributed by atoms with van der Waals surface area (Å²) in [4.78, 5) is 13.6. The van der Waals surface area contributed by atoms with Crippen LogP contribution in [0.5, 0.6) is 0 Å². The van der Waals surface area contributed by atoms with Crippen molar-refractivity contribution in [2.75, 3.05) is 18.5 Å². The maximum absolute atomic E-state index is 13.1. The first-order valence-electron chi connectivity index (χ1n) is 6.22. The molecule has 0 spiro atoms. The highest BCUT2D eigenvalue weighted by Crippen LogP contribution is 2.17. The van der Waals surface area contributed by atoms with E-state index >= 15 is 0 Å². The van der Waals surface area contributed by atoms with Gasteiger partial charge in [-0.15, -0.1) is 0 Å². The molecule has 2 rings (SSSR count). The molecule has 1 amide bonds. The van der Waals surface area contributed by atoms with E-state index in [4.69, 9.17) is 11.5 Å². The molecule has 0 aliphatic rings. The minimum Gasteiger partial charge on any atom is -0.399 e. The van der Waals surface area contributed by atoms with Crippen molar-refractivity contribution >= 4 is 17.3 Å². The Kier molecular flexibility index (Phi) is 4.07. The fraction of sp³-hybridized carbons (Fsp3) is 0.133. The Hall–Kier alpha value is -2.63. The summed E-state index contributed by atoms with van der Waals surface area (Å²) in [5.41, 5.74) is 12.9. The van der Waals surface area contributed by atoms with Gasteiger partial charge in [0.05, 0.1) is 0 Å². The molecule has 0 heterocycles. The fourth-order valence-corrected chi connectivity index (χ4v) is 2.00. The molecule has 0 aliphatic carbocycles. The molecule has 0 saturated carbocycles. The van der Waals surface area contributed by atoms with Crippen LogP contribution in [-0.2, 0) is 6.54 Å². The molecule has 0 bridgehead atoms. The van der Waals surface area contributed by atoms with Crippen LogP contribution in [0.4, 0.5) is 20.2 Å². The smallest absolute Gasteiger partial charge is 0.254 e. The number of halogens is 2. The van der Waals surface area contributed by atoms with Crippen LogP contribution in [0.25, 0.3) is 0 Å². The Bertz CT molecular complexity index is 668. The van der Waals surface area contributed by atoms with Crippen molar-refractivity contribution in [2.45, 2.75) is 6.54 Å². The third-order valence-electron chi connectivity index (χ3n) is 2.98. The van der Waals surface area contributed by atoms with Gasteiger partial charge >= 0.3 is 0 Å². The van der Waals surface area contributed by atoms with Gasteiger partial charge < -0.3 is 16.4 Å². The van der Waals surface area contributed by atoms with Crippen LogP contribution in [-0.4, -0.2) is 17.9 Å². The zero-order valence-corrected chi connectivity index (χ0v) is 11.4. The number of rotatable bonds is 3. The van der Waals surface area contributed by atoms with Gasteiger partial charge in [0.1, 0.15) is 0 Å². The summed E-state index contributed by atoms with van der Waals surface area (Å²) in [6.45, 7) is 0.144. The second-order valence-electron chi connectivity index (χ2n) is 4.80. The topological polar surface area (TPSA) is 72.3 Å². The van der Waals surface area contributed by atoms with Crippen LogP contribution >= 0.6 is 0 Å². The third-order valence-corrected chi connectivity index (χ3v) is 2.98. The molecule has 4 N–H and O–H groups in total. The van der Waals surface area contributed by atoms with Crippen LogP contribution in [0.1, 0.15) is 15.9 Å². The summed E-state index contributed by atoms with van der Waals surface area (Å²) < 4.78 is 26.0. The van der Waals surface area contributed by atoms with Crippen molar-refractivity contribution in [3.05, 3.63) is 59.2 Å². The second-order valence-corrected chi connectivity index (χ2v) is 4.80. The SMILES string of the molecule is CN(Cc1ccc(F)c(F)c1)C(=O)c1cc(N)cc(N)c1. The minimum absolute atomic E-state index is 0.144. The highest BCUT2D eigenvalue weighted by molar-refractivity contribution is 5.95. The lowest BCUT2D eigenvalue weighted by Crippen LogP contribution is -2.26. The van der Waals surface area contributed by atoms with Gasteiger partial charge in [0.15, 0.2) is 11.6 Å². The van der Waals surface area contributed by atoms with Gasteiger partial charge in [0.25, 0.3) is 5.91 Å². The van der Waals surface area contributed by atoms with Crippen molar-refractivity contribution in [3.8, 4) is 0 Å². The Balaban J connectivity index is 2.17. The number of benzene rings is 2. The summed E-state index contributed by atoms with van der Waals surface area (Å²) >= 11 is 0. The largest absolute Gasteiger partial charge is 0.399 e. The van der Waals surface area contributed by atoms with Crippen molar-refractivity contribution in [2.24, 2.45) is 0 Å². The Morgan fingerprint density at radius 2 is 1.67 bits per heavy atom. The monoisotopic (exact) mass is 291 g/mol. The maximum Gasteiger partial charge on any atom is 0.254 e. The summed E-state index contributed by atoms with van der Waals surface area (Å²) in [6, 6.07) is 8.09. The molecular formula is C15H15F2N3O. The molecule has 0 aliphatic heterocycles. The van der Waals surface area contributed by atoms with E-state index in [1.54, 1.807) is 13.1 Å². The number of anilines is 2. The van der Waals surface area contributed by atoms with Gasteiger partial charge in [-0.25, -0.2) is 8.78 Å². The minimum atomic E-state index is -0.943. The quantitative estimate of drug-likeness (QED) is 0.853. The zero-order chi connectivity index (χ0) is 15.6. The predicted octanol–water partition coefficient (Wildman–Crippen LogP) is 2.40. The number of nitrogen functional groups attached to an aromatic ring is 2. The van der Waals surface area contributed by atoms with Gasteiger partial charge in [0.2, 0.25) is 0 Å². The fourth-order valence-electron chi connectivity index (χ4n) is 2.00. The second kappa shape index (κ2) is 5.78. The first-order chi connectivity index (χ1) is 9.86. The lowest BCUT2D eigenvalue weighted by molar-refractivity contribution is 0.0785. The third kappa shape index (κ3) is 3.47. The predicted molar refractivity (Wildman–Crippen MR) is 77.4 cm³/mol. The number of carbonyl (C=O) groups excluding carboxylic acids is 1. The Morgan fingerprint density at radius 3 is 2.24 bits per heavy atom. The molecule has 0 radical (unpaired) electrons. The first-order valence-corrected chi connectivity index (χ1v) is 6.22. The number of amides is 1. The van der Waals surface area contributed by atoms with Crippen LogP contribution < -0.4 is 11.5 Å². The van der Waals surface area contributed by atoms with Crippen molar-refractivity contribution in [3.63, 3.8) is 0 Å². The Labute approximate surface area is 121 Å². The number of nitrogens with zero attached hydrogens (tertiary/aromatic N) is 1. The van der Waals surface area contributed by atoms with Gasteiger partial charge in [-0.1, -0.05) is 6.07 Å². The molecule has 4 nitrogen and oxygen atoms in total. The van der Waals surface area contributed by atoms with Crippen molar-refractivity contribution in [1.82, 2.24) is 4.90 Å². The number of nitrogens with two attached hydrogens (primary N) is 2. The van der Waals surface area contributed by atoms with E-state index in [1.807, 2.05) is 0 Å². The molecule has 0 fully saturated rings. The normalized spacial score (nSPS) is 10.4. The van der Waals surface area contributed by atoms with E-state index in [2.05, 4.69) is 0 Å². The first kappa shape index (κ1) is 14.8. The lowest BCUT2D eigenvalue weighted by atomic mass is 10.1. The van der Waals surface area contributed by atoms with E-state index in [9.17, 15) is 13.6 Å². The summed E-state index contributed by atoms with van der Waals surface area (Å²) in [6.07, 6.45) is 0. The summed E-state index contributed by atoms with van der Waals surface area (Å²) in [5, 5.41) is 0. The average Bonchev–Trinajstić information content (AvgIpc) is 2.41. The van der Waals surface area contributed by atoms with E-state index in [0.29, 0.717) is 22.5 Å². The number of hydrogen-bond donors (Lipinski definition) is 2. The molecule has 110 valence electrons. The molecule has 2 aromatic rings. The summed E-state index contributed by atoms with van der Waals surface area (Å²) in [7, 11) is 1.56. The van der Waals surface area contributed by atoms with Gasteiger partial charge in [-0.05, 0) is 35.9 Å². The molecule has 0 aromatic heterocycles. The molecule has 0 saturated heterocycles. The van der Waals surface area contributed by atoms with Crippen LogP contribution in [0.2, 0.25) is 0 Å². The highest BCUT2D eigenvalue weighted by atomic mass is 19.2. The summed E-state index contributed by atoms with van der Waals surface area (Å²) in [5.74, 6) is -2.17. The lowest BCUT2D eigenvalue weighted by Gasteiger charge is -2.18. The van der Waals surface area contributed by atoms with Gasteiger partial charge in [-0.3, -0.25) is 4.79 Å². The molecular weight excluding hydrogens is 276 g/mol. The average molecular weight is 291 g/mol. The van der Waals surface area contributed by atoms with Crippen LogP contribution in [0.3, 0.4) is 0 Å². The maximum atomic E-state index is 13.1. The Morgan fingerprint density at radius 1 is 1.05 bits per heavy atom. The highest BCUT2D eigenvalue weighted by Gasteiger charge is 2.14. The number of carbonyl (C=O) groups is 1. The van der Waals surface area contributed by atoms with Crippen molar-refractivity contribution < 1.29 is 13.6 Å². The molecule has 6 heteroatoms. The van der Waals surface area contributed by atoms with Crippen LogP contribution in [0.15, 0.2) is 36.4 Å². The molecule has 2 aromatic carbocycles. The van der Waals surface area contributed by atoms with Gasteiger partial charge in [-0.2, -0.15) is 0 Å². The zero-order valence-electron chi connectivity index (χ0n) is 11.4. The van der Waals surface area contributed by atoms with Crippen molar-refractivity contribution in [1.29, 1.82) is 0 Å². The molecule has 21 heavy (non-hydrogen) atoms. The van der Waals surface area contributed by atoms with E-state index in [1.165, 1.54) is 23.1 Å². The van der Waals surface area contributed by atoms with Crippen LogP contribution in [0, 0.1) is 11.6 Å². The van der Waals surface area contributed by atoms with E-state index < -0.39 is 11.6 Å². The van der Waals surface area contributed by atoms with E-state index in [-0.39, 0.29) is 12.5 Å². The van der Waals surface area contributed by atoms with Gasteiger partial charge in [0, 0.05) is 30.5 Å². The molecule has 0 atom stereocenters. The van der Waals surface area contributed by atoms with E-state index in [0.717, 1.165) is 12.1 Å².